The van der Waals surface area contributed by atoms with E-state index in [1.807, 2.05) is 49.3 Å². The number of ether oxygens (including phenoxy) is 1. The number of nitrogens with zero attached hydrogens (tertiary/aromatic N) is 1. The first-order valence-electron chi connectivity index (χ1n) is 10.1. The van der Waals surface area contributed by atoms with Crippen molar-refractivity contribution in [1.29, 1.82) is 0 Å². The molecule has 0 aliphatic carbocycles. The second-order valence-electron chi connectivity index (χ2n) is 8.20. The van der Waals surface area contributed by atoms with E-state index in [-0.39, 0.29) is 22.4 Å². The van der Waals surface area contributed by atoms with Crippen LogP contribution in [0.15, 0.2) is 53.4 Å². The minimum atomic E-state index is -3.85. The van der Waals surface area contributed by atoms with Crippen LogP contribution in [0.25, 0.3) is 0 Å². The summed E-state index contributed by atoms with van der Waals surface area (Å²) >= 11 is 0. The van der Waals surface area contributed by atoms with Crippen molar-refractivity contribution >= 4 is 19.7 Å². The summed E-state index contributed by atoms with van der Waals surface area (Å²) in [5.41, 5.74) is 1.76. The van der Waals surface area contributed by atoms with Crippen molar-refractivity contribution in [2.75, 3.05) is 39.3 Å². The highest BCUT2D eigenvalue weighted by Crippen LogP contribution is 2.29. The van der Waals surface area contributed by atoms with E-state index in [0.717, 1.165) is 5.56 Å². The molecule has 0 aromatic heterocycles. The van der Waals surface area contributed by atoms with Gasteiger partial charge >= 0.3 is 0 Å². The fraction of sp³-hybridized carbons (Fsp3) is 0.455. The summed E-state index contributed by atoms with van der Waals surface area (Å²) < 4.78 is 56.8. The molecule has 1 saturated heterocycles. The summed E-state index contributed by atoms with van der Waals surface area (Å²) in [7, 11) is -1.91. The summed E-state index contributed by atoms with van der Waals surface area (Å²) in [5.74, 6) is 0.0150. The normalized spacial score (nSPS) is 21.8. The fourth-order valence-electron chi connectivity index (χ4n) is 4.05. The van der Waals surface area contributed by atoms with Crippen LogP contribution in [0.3, 0.4) is 0 Å². The van der Waals surface area contributed by atoms with Crippen molar-refractivity contribution in [2.45, 2.75) is 29.2 Å². The Morgan fingerprint density at radius 1 is 1.13 bits per heavy atom. The average molecular weight is 467 g/mol. The second kappa shape index (κ2) is 9.28. The second-order valence-corrected chi connectivity index (χ2v) is 12.5. The number of hydrogen-bond donors (Lipinski definition) is 1. The van der Waals surface area contributed by atoms with Crippen LogP contribution in [0, 0.1) is 6.92 Å². The Labute approximate surface area is 185 Å². The van der Waals surface area contributed by atoms with Gasteiger partial charge in [0.05, 0.1) is 28.8 Å². The minimum Gasteiger partial charge on any atom is -0.496 e. The van der Waals surface area contributed by atoms with E-state index in [9.17, 15) is 16.8 Å². The highest BCUT2D eigenvalue weighted by Gasteiger charge is 2.46. The number of nitrogens with one attached hydrogen (secondary N) is 1. The molecule has 0 bridgehead atoms. The highest BCUT2D eigenvalue weighted by atomic mass is 32.2. The topological polar surface area (TPSA) is 92.8 Å². The number of aryl methyl sites for hydroxylation is 1. The van der Waals surface area contributed by atoms with E-state index in [1.54, 1.807) is 19.1 Å². The van der Waals surface area contributed by atoms with Crippen LogP contribution >= 0.6 is 0 Å². The van der Waals surface area contributed by atoms with E-state index in [4.69, 9.17) is 4.74 Å². The highest BCUT2D eigenvalue weighted by molar-refractivity contribution is 7.96. The van der Waals surface area contributed by atoms with Gasteiger partial charge < -0.3 is 15.0 Å². The van der Waals surface area contributed by atoms with Crippen molar-refractivity contribution in [1.82, 2.24) is 10.2 Å². The summed E-state index contributed by atoms with van der Waals surface area (Å²) in [4.78, 5) is 2.15. The third-order valence-corrected chi connectivity index (χ3v) is 9.92. The van der Waals surface area contributed by atoms with E-state index < -0.39 is 31.0 Å². The molecule has 9 heteroatoms. The third kappa shape index (κ3) is 5.28. The standard InChI is InChI=1S/C22H30N2O5S2/c1-16-12-18(10-11-21(16)29-4)31(27,28)22-15-30(25,26)14-19(22)23-13-20(24(2)3)17-8-6-5-7-9-17/h5-12,19-20,22-23H,13-15H2,1-4H3/t19-,20?,22-/m0/s1. The van der Waals surface area contributed by atoms with Gasteiger partial charge in [0.2, 0.25) is 0 Å². The van der Waals surface area contributed by atoms with Crippen molar-refractivity contribution in [3.05, 3.63) is 59.7 Å². The van der Waals surface area contributed by atoms with Gasteiger partial charge in [-0.1, -0.05) is 30.3 Å². The maximum Gasteiger partial charge on any atom is 0.183 e. The van der Waals surface area contributed by atoms with Crippen molar-refractivity contribution in [2.24, 2.45) is 0 Å². The van der Waals surface area contributed by atoms with E-state index >= 15 is 0 Å². The molecule has 31 heavy (non-hydrogen) atoms. The first-order valence-corrected chi connectivity index (χ1v) is 13.5. The van der Waals surface area contributed by atoms with Crippen molar-refractivity contribution in [3.63, 3.8) is 0 Å². The first-order chi connectivity index (χ1) is 14.5. The van der Waals surface area contributed by atoms with Crippen molar-refractivity contribution in [3.8, 4) is 5.75 Å². The van der Waals surface area contributed by atoms with Gasteiger partial charge in [0.15, 0.2) is 19.7 Å². The largest absolute Gasteiger partial charge is 0.496 e. The average Bonchev–Trinajstić information content (AvgIpc) is 3.04. The summed E-state index contributed by atoms with van der Waals surface area (Å²) in [6.45, 7) is 2.20. The van der Waals surface area contributed by atoms with E-state index in [2.05, 4.69) is 5.32 Å². The quantitative estimate of drug-likeness (QED) is 0.634. The number of sulfone groups is 2. The lowest BCUT2D eigenvalue weighted by Gasteiger charge is -2.28. The molecule has 170 valence electrons. The van der Waals surface area contributed by atoms with Gasteiger partial charge in [-0.3, -0.25) is 0 Å². The number of likely N-dealkylation sites (N-methyl/N-ethyl adjacent to an activating group) is 1. The predicted octanol–water partition coefficient (Wildman–Crippen LogP) is 1.84. The zero-order valence-electron chi connectivity index (χ0n) is 18.3. The fourth-order valence-corrected chi connectivity index (χ4v) is 8.85. The smallest absolute Gasteiger partial charge is 0.183 e. The first kappa shape index (κ1) is 23.7. The molecule has 1 N–H and O–H groups in total. The Balaban J connectivity index is 1.86. The molecular weight excluding hydrogens is 436 g/mol. The van der Waals surface area contributed by atoms with Crippen LogP contribution in [-0.4, -0.2) is 72.3 Å². The molecule has 0 radical (unpaired) electrons. The molecule has 2 aromatic rings. The van der Waals surface area contributed by atoms with Crippen LogP contribution in [0.2, 0.25) is 0 Å². The number of hydrogen-bond acceptors (Lipinski definition) is 7. The Morgan fingerprint density at radius 2 is 1.81 bits per heavy atom. The molecule has 3 atom stereocenters. The van der Waals surface area contributed by atoms with Gasteiger partial charge in [-0.2, -0.15) is 0 Å². The minimum absolute atomic E-state index is 0.0175. The molecule has 1 aliphatic rings. The zero-order valence-corrected chi connectivity index (χ0v) is 19.9. The van der Waals surface area contributed by atoms with Crippen LogP contribution in [-0.2, 0) is 19.7 Å². The monoisotopic (exact) mass is 466 g/mol. The van der Waals surface area contributed by atoms with Crippen molar-refractivity contribution < 1.29 is 21.6 Å². The molecule has 0 spiro atoms. The maximum absolute atomic E-state index is 13.4. The number of benzene rings is 2. The molecule has 1 heterocycles. The summed E-state index contributed by atoms with van der Waals surface area (Å²) in [6, 6.07) is 13.8. The Kier molecular flexibility index (Phi) is 7.10. The van der Waals surface area contributed by atoms with Gasteiger partial charge in [0.25, 0.3) is 0 Å². The van der Waals surface area contributed by atoms with Crippen LogP contribution in [0.5, 0.6) is 5.75 Å². The van der Waals surface area contributed by atoms with E-state index in [0.29, 0.717) is 17.9 Å². The summed E-state index contributed by atoms with van der Waals surface area (Å²) in [5, 5.41) is 2.22. The lowest BCUT2D eigenvalue weighted by molar-refractivity contribution is 0.282. The number of methoxy groups -OCH3 is 1. The van der Waals surface area contributed by atoms with Gasteiger partial charge in [0.1, 0.15) is 5.75 Å². The molecule has 0 amide bonds. The lowest BCUT2D eigenvalue weighted by atomic mass is 10.1. The molecular formula is C22H30N2O5S2. The maximum atomic E-state index is 13.4. The van der Waals surface area contributed by atoms with E-state index in [1.165, 1.54) is 13.2 Å². The lowest BCUT2D eigenvalue weighted by Crippen LogP contribution is -2.46. The van der Waals surface area contributed by atoms with Gasteiger partial charge in [-0.15, -0.1) is 0 Å². The molecule has 1 aliphatic heterocycles. The van der Waals surface area contributed by atoms with Gasteiger partial charge in [0, 0.05) is 18.6 Å². The molecule has 0 saturated carbocycles. The number of rotatable bonds is 8. The van der Waals surface area contributed by atoms with Gasteiger partial charge in [-0.25, -0.2) is 16.8 Å². The predicted molar refractivity (Wildman–Crippen MR) is 122 cm³/mol. The summed E-state index contributed by atoms with van der Waals surface area (Å²) in [6.07, 6.45) is 0. The molecule has 1 unspecified atom stereocenters. The molecule has 2 aromatic carbocycles. The third-order valence-electron chi connectivity index (χ3n) is 5.77. The van der Waals surface area contributed by atoms with Crippen LogP contribution in [0.4, 0.5) is 0 Å². The SMILES string of the molecule is COc1ccc(S(=O)(=O)[C@H]2CS(=O)(=O)C[C@@H]2NCC(c2ccccc2)N(C)C)cc1C. The molecule has 1 fully saturated rings. The van der Waals surface area contributed by atoms with Crippen LogP contribution in [0.1, 0.15) is 17.2 Å². The Hall–Kier alpha value is -1.94. The van der Waals surface area contributed by atoms with Crippen LogP contribution < -0.4 is 10.1 Å². The Bertz CT molecular complexity index is 1120. The zero-order chi connectivity index (χ0) is 22.8. The molecule has 3 rings (SSSR count). The molecule has 7 nitrogen and oxygen atoms in total. The van der Waals surface area contributed by atoms with Gasteiger partial charge in [-0.05, 0) is 50.3 Å². The Morgan fingerprint density at radius 3 is 2.39 bits per heavy atom.